The van der Waals surface area contributed by atoms with Crippen LogP contribution < -0.4 is 4.74 Å². The van der Waals surface area contributed by atoms with Crippen LogP contribution in [0.25, 0.3) is 0 Å². The summed E-state index contributed by atoms with van der Waals surface area (Å²) < 4.78 is 6.77. The Kier molecular flexibility index (Phi) is 6.25. The monoisotopic (exact) mass is 372 g/mol. The van der Waals surface area contributed by atoms with E-state index in [2.05, 4.69) is 27.8 Å². The van der Waals surface area contributed by atoms with Crippen molar-refractivity contribution in [2.24, 2.45) is 0 Å². The molecule has 2 aromatic carbocycles. The van der Waals surface area contributed by atoms with Gasteiger partial charge in [-0.2, -0.15) is 0 Å². The zero-order valence-electron chi connectivity index (χ0n) is 12.8. The maximum atomic E-state index is 10.9. The number of ether oxygens (including phenoxy) is 1. The molecule has 0 saturated carbocycles. The molecule has 118 valence electrons. The summed E-state index contributed by atoms with van der Waals surface area (Å²) in [6.45, 7) is 2.19. The summed E-state index contributed by atoms with van der Waals surface area (Å²) in [6.07, 6.45) is -0.000907. The molecule has 3 nitrogen and oxygen atoms in total. The first-order chi connectivity index (χ1) is 11.1. The Morgan fingerprint density at radius 3 is 2.61 bits per heavy atom. The highest BCUT2D eigenvalue weighted by Crippen LogP contribution is 2.23. The Hall–Kier alpha value is -2.25. The quantitative estimate of drug-likeness (QED) is 0.753. The van der Waals surface area contributed by atoms with Crippen LogP contribution in [0.4, 0.5) is 0 Å². The molecule has 0 aromatic heterocycles. The van der Waals surface area contributed by atoms with Crippen molar-refractivity contribution >= 4 is 21.9 Å². The van der Waals surface area contributed by atoms with Gasteiger partial charge in [-0.3, -0.25) is 4.79 Å². The summed E-state index contributed by atoms with van der Waals surface area (Å²) in [5, 5.41) is 8.96. The van der Waals surface area contributed by atoms with Gasteiger partial charge in [0.25, 0.3) is 0 Å². The van der Waals surface area contributed by atoms with Crippen LogP contribution in [0, 0.1) is 11.8 Å². The van der Waals surface area contributed by atoms with E-state index < -0.39 is 5.97 Å². The van der Waals surface area contributed by atoms with Gasteiger partial charge in [0.05, 0.1) is 12.3 Å². The number of carboxylic acid groups (broad SMARTS) is 1. The van der Waals surface area contributed by atoms with E-state index in [1.54, 1.807) is 6.92 Å². The number of halogens is 1. The fraction of sp³-hybridized carbons (Fsp3) is 0.211. The smallest absolute Gasteiger partial charge is 0.304 e. The first-order valence-electron chi connectivity index (χ1n) is 7.19. The summed E-state index contributed by atoms with van der Waals surface area (Å²) in [5.74, 6) is 5.32. The van der Waals surface area contributed by atoms with Gasteiger partial charge in [-0.15, -0.1) is 5.92 Å². The van der Waals surface area contributed by atoms with E-state index in [9.17, 15) is 4.79 Å². The number of benzene rings is 2. The van der Waals surface area contributed by atoms with E-state index >= 15 is 0 Å². The summed E-state index contributed by atoms with van der Waals surface area (Å²) in [5.41, 5.74) is 1.96. The summed E-state index contributed by atoms with van der Waals surface area (Å²) in [4.78, 5) is 10.9. The Labute approximate surface area is 144 Å². The lowest BCUT2D eigenvalue weighted by Crippen LogP contribution is -2.04. The second-order valence-corrected chi connectivity index (χ2v) is 5.95. The van der Waals surface area contributed by atoms with Gasteiger partial charge in [0, 0.05) is 4.47 Å². The summed E-state index contributed by atoms with van der Waals surface area (Å²) in [7, 11) is 0. The maximum absolute atomic E-state index is 10.9. The molecule has 0 radical (unpaired) electrons. The number of rotatable bonds is 6. The summed E-state index contributed by atoms with van der Waals surface area (Å²) in [6, 6.07) is 15.4. The average molecular weight is 373 g/mol. The van der Waals surface area contributed by atoms with E-state index in [0.717, 1.165) is 21.3 Å². The normalized spacial score (nSPS) is 11.2. The lowest BCUT2D eigenvalue weighted by Gasteiger charge is -2.11. The minimum Gasteiger partial charge on any atom is -0.489 e. The molecule has 0 bridgehead atoms. The second-order valence-electron chi connectivity index (χ2n) is 5.03. The Morgan fingerprint density at radius 2 is 2.00 bits per heavy atom. The topological polar surface area (TPSA) is 46.5 Å². The van der Waals surface area contributed by atoms with E-state index in [0.29, 0.717) is 6.61 Å². The number of hydrogen-bond donors (Lipinski definition) is 1. The van der Waals surface area contributed by atoms with E-state index in [4.69, 9.17) is 9.84 Å². The first kappa shape index (κ1) is 17.1. The third-order valence-electron chi connectivity index (χ3n) is 3.27. The Bertz CT molecular complexity index is 726. The molecule has 0 spiro atoms. The van der Waals surface area contributed by atoms with Crippen LogP contribution in [0.15, 0.2) is 53.0 Å². The van der Waals surface area contributed by atoms with Gasteiger partial charge in [0.2, 0.25) is 0 Å². The van der Waals surface area contributed by atoms with E-state index in [-0.39, 0.29) is 12.3 Å². The molecular formula is C19H17BrO3. The Morgan fingerprint density at radius 1 is 1.26 bits per heavy atom. The van der Waals surface area contributed by atoms with Crippen molar-refractivity contribution in [3.63, 3.8) is 0 Å². The van der Waals surface area contributed by atoms with Gasteiger partial charge < -0.3 is 9.84 Å². The van der Waals surface area contributed by atoms with Gasteiger partial charge >= 0.3 is 5.97 Å². The summed E-state index contributed by atoms with van der Waals surface area (Å²) >= 11 is 3.43. The predicted octanol–water partition coefficient (Wildman–Crippen LogP) is 4.61. The van der Waals surface area contributed by atoms with Crippen molar-refractivity contribution in [3.8, 4) is 17.6 Å². The van der Waals surface area contributed by atoms with Crippen molar-refractivity contribution in [1.29, 1.82) is 0 Å². The predicted molar refractivity (Wildman–Crippen MR) is 93.4 cm³/mol. The maximum Gasteiger partial charge on any atom is 0.304 e. The van der Waals surface area contributed by atoms with Gasteiger partial charge in [-0.05, 0) is 42.3 Å². The van der Waals surface area contributed by atoms with Gasteiger partial charge in [-0.25, -0.2) is 0 Å². The molecule has 2 aromatic rings. The van der Waals surface area contributed by atoms with Crippen molar-refractivity contribution in [1.82, 2.24) is 0 Å². The molecule has 1 N–H and O–H groups in total. The van der Waals surface area contributed by atoms with Crippen molar-refractivity contribution in [2.45, 2.75) is 25.9 Å². The molecule has 0 aliphatic rings. The van der Waals surface area contributed by atoms with E-state index in [1.165, 1.54) is 0 Å². The number of carboxylic acids is 1. The highest BCUT2D eigenvalue weighted by atomic mass is 79.9. The molecule has 0 aliphatic heterocycles. The molecule has 23 heavy (non-hydrogen) atoms. The minimum absolute atomic E-state index is 0.000907. The number of hydrogen-bond acceptors (Lipinski definition) is 2. The zero-order chi connectivity index (χ0) is 16.7. The lowest BCUT2D eigenvalue weighted by atomic mass is 9.96. The van der Waals surface area contributed by atoms with Crippen LogP contribution in [0.1, 0.15) is 30.4 Å². The molecular weight excluding hydrogens is 356 g/mol. The van der Waals surface area contributed by atoms with Crippen LogP contribution in [-0.2, 0) is 11.4 Å². The first-order valence-corrected chi connectivity index (χ1v) is 7.99. The minimum atomic E-state index is -0.854. The molecule has 2 rings (SSSR count). The van der Waals surface area contributed by atoms with Gasteiger partial charge in [0.15, 0.2) is 0 Å². The van der Waals surface area contributed by atoms with Crippen molar-refractivity contribution in [2.75, 3.05) is 0 Å². The van der Waals surface area contributed by atoms with Crippen LogP contribution in [0.5, 0.6) is 5.75 Å². The van der Waals surface area contributed by atoms with Crippen LogP contribution >= 0.6 is 15.9 Å². The van der Waals surface area contributed by atoms with Gasteiger partial charge in [0.1, 0.15) is 12.4 Å². The highest BCUT2D eigenvalue weighted by molar-refractivity contribution is 9.10. The van der Waals surface area contributed by atoms with Crippen LogP contribution in [0.3, 0.4) is 0 Å². The highest BCUT2D eigenvalue weighted by Gasteiger charge is 2.13. The molecule has 0 aliphatic carbocycles. The largest absolute Gasteiger partial charge is 0.489 e. The third-order valence-corrected chi connectivity index (χ3v) is 3.77. The molecule has 0 saturated heterocycles. The van der Waals surface area contributed by atoms with E-state index in [1.807, 2.05) is 48.5 Å². The molecule has 0 amide bonds. The molecule has 4 heteroatoms. The molecule has 0 unspecified atom stereocenters. The standard InChI is InChI=1S/C19H17BrO3/c1-2-4-16(12-19(21)22)15-7-9-18(10-8-15)23-13-14-5-3-6-17(20)11-14/h3,5-11,16H,12-13H2,1H3,(H,21,22)/t16-/m0/s1. The van der Waals surface area contributed by atoms with Gasteiger partial charge in [-0.1, -0.05) is 46.1 Å². The second kappa shape index (κ2) is 8.40. The molecule has 0 fully saturated rings. The molecule has 0 heterocycles. The van der Waals surface area contributed by atoms with Crippen molar-refractivity contribution < 1.29 is 14.6 Å². The van der Waals surface area contributed by atoms with Crippen LogP contribution in [0.2, 0.25) is 0 Å². The third kappa shape index (κ3) is 5.46. The lowest BCUT2D eigenvalue weighted by molar-refractivity contribution is -0.137. The zero-order valence-corrected chi connectivity index (χ0v) is 14.3. The Balaban J connectivity index is 2.03. The van der Waals surface area contributed by atoms with Crippen molar-refractivity contribution in [3.05, 3.63) is 64.1 Å². The fourth-order valence-electron chi connectivity index (χ4n) is 2.19. The average Bonchev–Trinajstić information content (AvgIpc) is 2.53. The molecule has 1 atom stereocenters. The number of aliphatic carboxylic acids is 1. The van der Waals surface area contributed by atoms with Crippen LogP contribution in [-0.4, -0.2) is 11.1 Å². The fourth-order valence-corrected chi connectivity index (χ4v) is 2.64. The number of carbonyl (C=O) groups is 1. The SMILES string of the molecule is CC#C[C@@H](CC(=O)O)c1ccc(OCc2cccc(Br)c2)cc1.